The van der Waals surface area contributed by atoms with Gasteiger partial charge in [-0.1, -0.05) is 30.3 Å². The normalized spacial score (nSPS) is 11.1. The maximum Gasteiger partial charge on any atom is 0.147 e. The number of furan rings is 1. The van der Waals surface area contributed by atoms with E-state index < -0.39 is 0 Å². The quantitative estimate of drug-likeness (QED) is 0.658. The summed E-state index contributed by atoms with van der Waals surface area (Å²) in [6.45, 7) is 0. The Morgan fingerprint density at radius 3 is 2.56 bits per heavy atom. The number of rotatable bonds is 3. The minimum absolute atomic E-state index is 0.683. The Hall–Kier alpha value is -2.69. The van der Waals surface area contributed by atoms with Crippen molar-refractivity contribution >= 4 is 6.21 Å². The third-order valence-electron chi connectivity index (χ3n) is 2.41. The largest absolute Gasteiger partial charge is 0.455 e. The number of benzene rings is 1. The average Bonchev–Trinajstić information content (AvgIpc) is 3.09. The zero-order valence-corrected chi connectivity index (χ0v) is 9.47. The van der Waals surface area contributed by atoms with Crippen LogP contribution in [0.2, 0.25) is 0 Å². The van der Waals surface area contributed by atoms with Gasteiger partial charge >= 0.3 is 0 Å². The number of hydrogen-bond donors (Lipinski definition) is 0. The third kappa shape index (κ3) is 2.20. The van der Waals surface area contributed by atoms with Crippen LogP contribution in [0.4, 0.5) is 0 Å². The average molecular weight is 238 g/mol. The van der Waals surface area contributed by atoms with Crippen molar-refractivity contribution in [3.8, 4) is 11.3 Å². The minimum atomic E-state index is 0.683. The van der Waals surface area contributed by atoms with Crippen LogP contribution in [0.15, 0.2) is 64.6 Å². The topological polar surface area (TPSA) is 56.2 Å². The highest BCUT2D eigenvalue weighted by Gasteiger charge is 2.02. The van der Waals surface area contributed by atoms with Crippen molar-refractivity contribution in [2.75, 3.05) is 0 Å². The zero-order chi connectivity index (χ0) is 12.2. The second-order valence-electron chi connectivity index (χ2n) is 3.65. The van der Waals surface area contributed by atoms with E-state index in [1.165, 1.54) is 17.3 Å². The Bertz CT molecular complexity index is 641. The molecule has 0 saturated heterocycles. The molecule has 0 fully saturated rings. The van der Waals surface area contributed by atoms with Crippen molar-refractivity contribution < 1.29 is 4.42 Å². The maximum atomic E-state index is 5.66. The van der Waals surface area contributed by atoms with Gasteiger partial charge in [0, 0.05) is 5.56 Å². The van der Waals surface area contributed by atoms with Crippen LogP contribution in [-0.2, 0) is 0 Å². The van der Waals surface area contributed by atoms with Gasteiger partial charge in [0.05, 0.1) is 6.21 Å². The van der Waals surface area contributed by atoms with Crippen LogP contribution in [-0.4, -0.2) is 21.1 Å². The van der Waals surface area contributed by atoms with Crippen LogP contribution in [0, 0.1) is 0 Å². The van der Waals surface area contributed by atoms with E-state index in [-0.39, 0.29) is 0 Å². The van der Waals surface area contributed by atoms with Crippen molar-refractivity contribution in [1.29, 1.82) is 0 Å². The van der Waals surface area contributed by atoms with Gasteiger partial charge < -0.3 is 4.42 Å². The molecule has 0 aliphatic rings. The van der Waals surface area contributed by atoms with Crippen LogP contribution in [0.3, 0.4) is 0 Å². The number of nitrogens with zero attached hydrogens (tertiary/aromatic N) is 4. The standard InChI is InChI=1S/C13H10N4O/c1-2-4-11(5-3-1)13-7-6-12(18-13)8-16-17-9-14-15-10-17/h1-10H/b16-8+. The van der Waals surface area contributed by atoms with Crippen LogP contribution in [0.5, 0.6) is 0 Å². The van der Waals surface area contributed by atoms with Gasteiger partial charge in [0.2, 0.25) is 0 Å². The summed E-state index contributed by atoms with van der Waals surface area (Å²) in [6, 6.07) is 13.7. The number of hydrogen-bond acceptors (Lipinski definition) is 4. The fourth-order valence-electron chi connectivity index (χ4n) is 1.56. The molecule has 2 aromatic heterocycles. The molecule has 0 saturated carbocycles. The first kappa shape index (κ1) is 10.5. The van der Waals surface area contributed by atoms with E-state index in [0.717, 1.165) is 11.3 Å². The molecule has 3 aromatic rings. The van der Waals surface area contributed by atoms with Crippen LogP contribution >= 0.6 is 0 Å². The molecule has 0 N–H and O–H groups in total. The molecule has 0 radical (unpaired) electrons. The van der Waals surface area contributed by atoms with Crippen LogP contribution in [0.25, 0.3) is 11.3 Å². The highest BCUT2D eigenvalue weighted by Crippen LogP contribution is 2.20. The van der Waals surface area contributed by atoms with E-state index in [1.54, 1.807) is 6.21 Å². The summed E-state index contributed by atoms with van der Waals surface area (Å²) in [7, 11) is 0. The van der Waals surface area contributed by atoms with Crippen LogP contribution < -0.4 is 0 Å². The molecule has 5 nitrogen and oxygen atoms in total. The van der Waals surface area contributed by atoms with Gasteiger partial charge in [-0.15, -0.1) is 10.2 Å². The minimum Gasteiger partial charge on any atom is -0.455 e. The Balaban J connectivity index is 1.82. The lowest BCUT2D eigenvalue weighted by Crippen LogP contribution is -1.84. The second-order valence-corrected chi connectivity index (χ2v) is 3.65. The van der Waals surface area contributed by atoms with Gasteiger partial charge in [-0.2, -0.15) is 5.10 Å². The van der Waals surface area contributed by atoms with Gasteiger partial charge in [0.1, 0.15) is 24.2 Å². The summed E-state index contributed by atoms with van der Waals surface area (Å²) in [5, 5.41) is 11.4. The molecule has 3 rings (SSSR count). The summed E-state index contributed by atoms with van der Waals surface area (Å²) in [5.41, 5.74) is 1.04. The summed E-state index contributed by atoms with van der Waals surface area (Å²) in [5.74, 6) is 1.50. The second kappa shape index (κ2) is 4.67. The molecular formula is C13H10N4O. The molecule has 18 heavy (non-hydrogen) atoms. The van der Waals surface area contributed by atoms with Crippen molar-refractivity contribution in [2.24, 2.45) is 5.10 Å². The molecule has 0 aliphatic heterocycles. The summed E-state index contributed by atoms with van der Waals surface area (Å²) < 4.78 is 7.17. The Kier molecular flexibility index (Phi) is 2.71. The molecule has 2 heterocycles. The molecule has 5 heteroatoms. The molecule has 0 bridgehead atoms. The molecular weight excluding hydrogens is 228 g/mol. The van der Waals surface area contributed by atoms with Crippen molar-refractivity contribution in [2.45, 2.75) is 0 Å². The van der Waals surface area contributed by atoms with Gasteiger partial charge in [-0.05, 0) is 12.1 Å². The van der Waals surface area contributed by atoms with E-state index >= 15 is 0 Å². The van der Waals surface area contributed by atoms with E-state index in [4.69, 9.17) is 4.42 Å². The molecule has 0 amide bonds. The first-order chi connectivity index (χ1) is 8.92. The fraction of sp³-hybridized carbons (Fsp3) is 0. The summed E-state index contributed by atoms with van der Waals surface area (Å²) in [4.78, 5) is 0. The molecule has 0 spiro atoms. The smallest absolute Gasteiger partial charge is 0.147 e. The van der Waals surface area contributed by atoms with Gasteiger partial charge in [-0.3, -0.25) is 0 Å². The highest BCUT2D eigenvalue weighted by molar-refractivity contribution is 5.77. The lowest BCUT2D eigenvalue weighted by Gasteiger charge is -1.94. The Morgan fingerprint density at radius 1 is 1.00 bits per heavy atom. The molecule has 0 unspecified atom stereocenters. The van der Waals surface area contributed by atoms with E-state index in [0.29, 0.717) is 5.76 Å². The fourth-order valence-corrected chi connectivity index (χ4v) is 1.56. The predicted octanol–water partition coefficient (Wildman–Crippen LogP) is 2.42. The molecule has 0 atom stereocenters. The van der Waals surface area contributed by atoms with Gasteiger partial charge in [0.15, 0.2) is 0 Å². The first-order valence-corrected chi connectivity index (χ1v) is 5.46. The molecule has 1 aromatic carbocycles. The van der Waals surface area contributed by atoms with Crippen molar-refractivity contribution in [1.82, 2.24) is 14.9 Å². The highest BCUT2D eigenvalue weighted by atomic mass is 16.3. The van der Waals surface area contributed by atoms with Crippen LogP contribution in [0.1, 0.15) is 5.76 Å². The van der Waals surface area contributed by atoms with E-state index in [9.17, 15) is 0 Å². The van der Waals surface area contributed by atoms with Gasteiger partial charge in [0.25, 0.3) is 0 Å². The monoisotopic (exact) mass is 238 g/mol. The predicted molar refractivity (Wildman–Crippen MR) is 67.2 cm³/mol. The summed E-state index contributed by atoms with van der Waals surface area (Å²) >= 11 is 0. The first-order valence-electron chi connectivity index (χ1n) is 5.46. The Morgan fingerprint density at radius 2 is 1.78 bits per heavy atom. The van der Waals surface area contributed by atoms with Gasteiger partial charge in [-0.25, -0.2) is 4.68 Å². The Labute approximate surface area is 103 Å². The van der Waals surface area contributed by atoms with Crippen molar-refractivity contribution in [3.63, 3.8) is 0 Å². The zero-order valence-electron chi connectivity index (χ0n) is 9.47. The SMILES string of the molecule is C(=N\n1cnnc1)/c1ccc(-c2ccccc2)o1. The lowest BCUT2D eigenvalue weighted by atomic mass is 10.2. The van der Waals surface area contributed by atoms with E-state index in [1.807, 2.05) is 42.5 Å². The summed E-state index contributed by atoms with van der Waals surface area (Å²) in [6.07, 6.45) is 4.64. The number of aromatic nitrogens is 3. The molecule has 88 valence electrons. The lowest BCUT2D eigenvalue weighted by molar-refractivity contribution is 0.574. The van der Waals surface area contributed by atoms with Crippen molar-refractivity contribution in [3.05, 3.63) is 60.9 Å². The third-order valence-corrected chi connectivity index (χ3v) is 2.41. The molecule has 0 aliphatic carbocycles. The maximum absolute atomic E-state index is 5.66. The van der Waals surface area contributed by atoms with E-state index in [2.05, 4.69) is 15.3 Å².